The van der Waals surface area contributed by atoms with Gasteiger partial charge in [0.05, 0.1) is 0 Å². The maximum atomic E-state index is 13.3. The molecule has 0 fully saturated rings. The minimum absolute atomic E-state index is 0.0269. The van der Waals surface area contributed by atoms with Gasteiger partial charge in [-0.1, -0.05) is 0 Å². The Hall–Kier alpha value is -1.45. The molecule has 0 heterocycles. The Morgan fingerprint density at radius 3 is 2.79 bits per heavy atom. The van der Waals surface area contributed by atoms with Crippen LogP contribution in [0.1, 0.15) is 28.8 Å². The van der Waals surface area contributed by atoms with Gasteiger partial charge >= 0.3 is 0 Å². The number of phenolic OH excluding ortho intramolecular Hbond substituents is 1. The Balaban J connectivity index is 2.64. The minimum Gasteiger partial charge on any atom is -0.508 e. The molecule has 1 aliphatic carbocycles. The summed E-state index contributed by atoms with van der Waals surface area (Å²) in [5.74, 6) is -3.52. The van der Waals surface area contributed by atoms with Crippen LogP contribution in [0.4, 0.5) is 8.78 Å². The summed E-state index contributed by atoms with van der Waals surface area (Å²) in [6.07, 6.45) is -0.604. The van der Waals surface area contributed by atoms with Crippen LogP contribution < -0.4 is 0 Å². The number of fused-ring (bicyclic) bond motifs is 1. The Labute approximate surface area is 79.2 Å². The van der Waals surface area contributed by atoms with Crippen molar-refractivity contribution >= 4 is 5.78 Å². The molecule has 0 radical (unpaired) electrons. The van der Waals surface area contributed by atoms with Crippen LogP contribution in [0.15, 0.2) is 18.2 Å². The van der Waals surface area contributed by atoms with Crippen molar-refractivity contribution < 1.29 is 18.7 Å². The van der Waals surface area contributed by atoms with E-state index in [0.717, 1.165) is 6.07 Å². The van der Waals surface area contributed by atoms with Crippen molar-refractivity contribution in [2.24, 2.45) is 0 Å². The third-order valence-electron chi connectivity index (χ3n) is 2.36. The maximum Gasteiger partial charge on any atom is 0.274 e. The zero-order valence-electron chi connectivity index (χ0n) is 7.26. The Morgan fingerprint density at radius 2 is 2.07 bits per heavy atom. The molecule has 0 unspecified atom stereocenters. The zero-order chi connectivity index (χ0) is 10.3. The quantitative estimate of drug-likeness (QED) is 0.695. The summed E-state index contributed by atoms with van der Waals surface area (Å²) in [4.78, 5) is 11.3. The molecule has 0 saturated heterocycles. The second kappa shape index (κ2) is 2.77. The van der Waals surface area contributed by atoms with Gasteiger partial charge in [-0.15, -0.1) is 0 Å². The number of phenols is 1. The average molecular weight is 198 g/mol. The molecule has 4 heteroatoms. The minimum atomic E-state index is -3.00. The normalized spacial score (nSPS) is 19.1. The Bertz CT molecular complexity index is 399. The molecular weight excluding hydrogens is 190 g/mol. The topological polar surface area (TPSA) is 37.3 Å². The van der Waals surface area contributed by atoms with Crippen LogP contribution >= 0.6 is 0 Å². The van der Waals surface area contributed by atoms with E-state index in [4.69, 9.17) is 5.11 Å². The molecule has 0 amide bonds. The summed E-state index contributed by atoms with van der Waals surface area (Å²) in [6, 6.07) is 3.46. The van der Waals surface area contributed by atoms with E-state index in [9.17, 15) is 13.6 Å². The van der Waals surface area contributed by atoms with Gasteiger partial charge in [-0.25, -0.2) is 8.78 Å². The molecule has 74 valence electrons. The van der Waals surface area contributed by atoms with Crippen LogP contribution in [0, 0.1) is 0 Å². The third kappa shape index (κ3) is 1.27. The number of ketones is 1. The van der Waals surface area contributed by atoms with Gasteiger partial charge in [-0.05, 0) is 18.2 Å². The molecule has 1 aromatic carbocycles. The summed E-state index contributed by atoms with van der Waals surface area (Å²) in [5, 5.41) is 9.06. The SMILES string of the molecule is O=C1CCC(F)(F)c2cc(O)ccc21. The summed E-state index contributed by atoms with van der Waals surface area (Å²) >= 11 is 0. The van der Waals surface area contributed by atoms with Crippen molar-refractivity contribution in [3.63, 3.8) is 0 Å². The molecule has 0 aromatic heterocycles. The molecule has 2 rings (SSSR count). The van der Waals surface area contributed by atoms with Crippen molar-refractivity contribution in [1.29, 1.82) is 0 Å². The van der Waals surface area contributed by atoms with Gasteiger partial charge in [0.15, 0.2) is 5.78 Å². The number of halogens is 2. The fourth-order valence-electron chi connectivity index (χ4n) is 1.62. The average Bonchev–Trinajstić information content (AvgIpc) is 2.12. The first-order chi connectivity index (χ1) is 6.50. The number of Topliss-reactive ketones (excluding diaryl/α,β-unsaturated/α-hetero) is 1. The lowest BCUT2D eigenvalue weighted by atomic mass is 9.87. The van der Waals surface area contributed by atoms with Gasteiger partial charge in [0.1, 0.15) is 5.75 Å². The molecule has 0 saturated carbocycles. The zero-order valence-corrected chi connectivity index (χ0v) is 7.26. The molecule has 2 nitrogen and oxygen atoms in total. The monoisotopic (exact) mass is 198 g/mol. The molecule has 14 heavy (non-hydrogen) atoms. The van der Waals surface area contributed by atoms with Crippen LogP contribution in [0.5, 0.6) is 5.75 Å². The summed E-state index contributed by atoms with van der Waals surface area (Å²) in [7, 11) is 0. The first-order valence-electron chi connectivity index (χ1n) is 4.25. The second-order valence-electron chi connectivity index (χ2n) is 3.36. The molecule has 1 N–H and O–H groups in total. The molecule has 0 aliphatic heterocycles. The first kappa shape index (κ1) is 9.12. The molecule has 1 aromatic rings. The number of carbonyl (C=O) groups excluding carboxylic acids is 1. The Kier molecular flexibility index (Phi) is 1.80. The molecular formula is C10H8F2O2. The summed E-state index contributed by atoms with van der Waals surface area (Å²) in [6.45, 7) is 0. The van der Waals surface area contributed by atoms with Crippen molar-refractivity contribution in [2.45, 2.75) is 18.8 Å². The van der Waals surface area contributed by atoms with Crippen LogP contribution in [0.3, 0.4) is 0 Å². The predicted octanol–water partition coefficient (Wildman–Crippen LogP) is 2.46. The lowest BCUT2D eigenvalue weighted by molar-refractivity contribution is -0.0193. The van der Waals surface area contributed by atoms with E-state index in [0.29, 0.717) is 0 Å². The van der Waals surface area contributed by atoms with Crippen molar-refractivity contribution in [1.82, 2.24) is 0 Å². The van der Waals surface area contributed by atoms with E-state index in [-0.39, 0.29) is 29.1 Å². The highest BCUT2D eigenvalue weighted by Gasteiger charge is 2.39. The Morgan fingerprint density at radius 1 is 1.36 bits per heavy atom. The van der Waals surface area contributed by atoms with Crippen molar-refractivity contribution in [2.75, 3.05) is 0 Å². The number of rotatable bonds is 0. The van der Waals surface area contributed by atoms with E-state index in [1.807, 2.05) is 0 Å². The fraction of sp³-hybridized carbons (Fsp3) is 0.300. The van der Waals surface area contributed by atoms with E-state index < -0.39 is 12.3 Å². The molecule has 0 spiro atoms. The number of hydrogen-bond acceptors (Lipinski definition) is 2. The van der Waals surface area contributed by atoms with Gasteiger partial charge in [-0.3, -0.25) is 4.79 Å². The number of aromatic hydroxyl groups is 1. The van der Waals surface area contributed by atoms with Crippen LogP contribution in [0.25, 0.3) is 0 Å². The van der Waals surface area contributed by atoms with Gasteiger partial charge < -0.3 is 5.11 Å². The lowest BCUT2D eigenvalue weighted by Gasteiger charge is -2.24. The van der Waals surface area contributed by atoms with E-state index in [1.165, 1.54) is 12.1 Å². The number of benzene rings is 1. The van der Waals surface area contributed by atoms with Gasteiger partial charge in [0.2, 0.25) is 0 Å². The lowest BCUT2D eigenvalue weighted by Crippen LogP contribution is -2.24. The predicted molar refractivity (Wildman–Crippen MR) is 45.6 cm³/mol. The van der Waals surface area contributed by atoms with E-state index in [2.05, 4.69) is 0 Å². The van der Waals surface area contributed by atoms with Crippen molar-refractivity contribution in [3.8, 4) is 5.75 Å². The summed E-state index contributed by atoms with van der Waals surface area (Å²) < 4.78 is 26.6. The second-order valence-corrected chi connectivity index (χ2v) is 3.36. The highest BCUT2D eigenvalue weighted by Crippen LogP contribution is 2.41. The van der Waals surface area contributed by atoms with E-state index in [1.54, 1.807) is 0 Å². The smallest absolute Gasteiger partial charge is 0.274 e. The van der Waals surface area contributed by atoms with Crippen LogP contribution in [0.2, 0.25) is 0 Å². The third-order valence-corrected chi connectivity index (χ3v) is 2.36. The van der Waals surface area contributed by atoms with Crippen molar-refractivity contribution in [3.05, 3.63) is 29.3 Å². The largest absolute Gasteiger partial charge is 0.508 e. The maximum absolute atomic E-state index is 13.3. The first-order valence-corrected chi connectivity index (χ1v) is 4.25. The highest BCUT2D eigenvalue weighted by molar-refractivity contribution is 5.99. The van der Waals surface area contributed by atoms with Crippen LogP contribution in [-0.4, -0.2) is 10.9 Å². The van der Waals surface area contributed by atoms with Gasteiger partial charge in [-0.2, -0.15) is 0 Å². The van der Waals surface area contributed by atoms with E-state index >= 15 is 0 Å². The van der Waals surface area contributed by atoms with Gasteiger partial charge in [0, 0.05) is 24.0 Å². The molecule has 1 aliphatic rings. The van der Waals surface area contributed by atoms with Crippen LogP contribution in [-0.2, 0) is 5.92 Å². The number of hydrogen-bond donors (Lipinski definition) is 1. The number of carbonyl (C=O) groups is 1. The molecule has 0 bridgehead atoms. The summed E-state index contributed by atoms with van der Waals surface area (Å²) in [5.41, 5.74) is -0.326. The molecule has 0 atom stereocenters. The standard InChI is InChI=1S/C10H8F2O2/c11-10(12)4-3-9(14)7-2-1-6(13)5-8(7)10/h1-2,5,13H,3-4H2. The number of alkyl halides is 2. The highest BCUT2D eigenvalue weighted by atomic mass is 19.3. The van der Waals surface area contributed by atoms with Gasteiger partial charge in [0.25, 0.3) is 5.92 Å². The fourth-order valence-corrected chi connectivity index (χ4v) is 1.62.